The first-order chi connectivity index (χ1) is 15.8. The zero-order valence-corrected chi connectivity index (χ0v) is 21.0. The summed E-state index contributed by atoms with van der Waals surface area (Å²) in [5.41, 5.74) is 4.78. The summed E-state index contributed by atoms with van der Waals surface area (Å²) in [5, 5.41) is 13.3. The first kappa shape index (κ1) is 24.3. The molecule has 4 aromatic rings. The van der Waals surface area contributed by atoms with Gasteiger partial charge in [0.2, 0.25) is 0 Å². The summed E-state index contributed by atoms with van der Waals surface area (Å²) < 4.78 is 39.5. The summed E-state index contributed by atoms with van der Waals surface area (Å²) in [5.74, 6) is -0.420. The van der Waals surface area contributed by atoms with Crippen molar-refractivity contribution >= 4 is 32.7 Å². The molecule has 9 heteroatoms. The van der Waals surface area contributed by atoms with Crippen LogP contribution in [-0.2, 0) is 14.9 Å². The Morgan fingerprint density at radius 2 is 1.56 bits per heavy atom. The zero-order chi connectivity index (χ0) is 23.2. The Hall–Kier alpha value is -2.88. The molecular weight excluding hydrogens is 465 g/mol. The van der Waals surface area contributed by atoms with Gasteiger partial charge in [0.25, 0.3) is 0 Å². The van der Waals surface area contributed by atoms with E-state index in [9.17, 15) is 22.9 Å². The van der Waals surface area contributed by atoms with E-state index in [1.165, 1.54) is 12.1 Å². The number of hydrogen-bond donors (Lipinski definition) is 2. The number of phenols is 1. The van der Waals surface area contributed by atoms with Gasteiger partial charge in [-0.1, -0.05) is 48.5 Å². The van der Waals surface area contributed by atoms with E-state index in [0.29, 0.717) is 16.5 Å². The average Bonchev–Trinajstić information content (AvgIpc) is 3.10. The van der Waals surface area contributed by atoms with Crippen molar-refractivity contribution < 1.29 is 57.2 Å². The van der Waals surface area contributed by atoms with Crippen LogP contribution >= 0.6 is 0 Å². The van der Waals surface area contributed by atoms with Crippen molar-refractivity contribution in [3.8, 4) is 16.9 Å². The van der Waals surface area contributed by atoms with Crippen LogP contribution in [0.1, 0.15) is 17.0 Å². The second-order valence-corrected chi connectivity index (χ2v) is 9.16. The summed E-state index contributed by atoms with van der Waals surface area (Å²) >= 11 is 0. The van der Waals surface area contributed by atoms with Crippen LogP contribution in [0.4, 0.5) is 10.5 Å². The number of nitrogens with one attached hydrogen (secondary N) is 1. The molecule has 0 atom stereocenters. The van der Waals surface area contributed by atoms with Gasteiger partial charge in [-0.15, -0.1) is 0 Å². The maximum atomic E-state index is 12.5. The second-order valence-electron chi connectivity index (χ2n) is 7.78. The maximum absolute atomic E-state index is 12.5. The van der Waals surface area contributed by atoms with Gasteiger partial charge in [-0.05, 0) is 58.0 Å². The smallest absolute Gasteiger partial charge is 0.744 e. The Kier molecular flexibility index (Phi) is 6.71. The van der Waals surface area contributed by atoms with Crippen molar-refractivity contribution in [3.05, 3.63) is 90.0 Å². The van der Waals surface area contributed by atoms with Crippen LogP contribution in [0.25, 0.3) is 21.9 Å². The zero-order valence-electron chi connectivity index (χ0n) is 18.2. The van der Waals surface area contributed by atoms with E-state index in [1.807, 2.05) is 36.4 Å². The van der Waals surface area contributed by atoms with Crippen LogP contribution in [-0.4, -0.2) is 30.8 Å². The molecule has 0 unspecified atom stereocenters. The van der Waals surface area contributed by atoms with Crippen LogP contribution in [0, 0.1) is 0 Å². The molecule has 0 saturated heterocycles. The molecule has 4 aromatic carbocycles. The molecule has 1 aliphatic carbocycles. The molecule has 0 saturated carbocycles. The summed E-state index contributed by atoms with van der Waals surface area (Å²) in [6.45, 7) is 0.146. The molecule has 5 rings (SSSR count). The monoisotopic (exact) mass is 483 g/mol. The number of carbonyl (C=O) groups is 1. The minimum absolute atomic E-state index is 0. The standard InChI is InChI=1S/C25H19NO6S.Na/c27-24-13-17(33(29,30)31)12-15-11-16(9-10-18(15)24)26-25(28)32-14-23-21-7-3-1-5-19(21)20-6-2-4-8-22(20)23;/h1-13,23,27H,14H2,(H,26,28)(H,29,30,31);/q;+1/p-1. The van der Waals surface area contributed by atoms with Gasteiger partial charge >= 0.3 is 35.7 Å². The normalized spacial score (nSPS) is 12.5. The molecule has 0 bridgehead atoms. The number of aromatic hydroxyl groups is 1. The molecule has 1 amide bonds. The van der Waals surface area contributed by atoms with E-state index < -0.39 is 21.1 Å². The van der Waals surface area contributed by atoms with Crippen molar-refractivity contribution in [3.63, 3.8) is 0 Å². The van der Waals surface area contributed by atoms with E-state index in [4.69, 9.17) is 4.74 Å². The number of ether oxygens (including phenoxy) is 1. The van der Waals surface area contributed by atoms with E-state index in [1.54, 1.807) is 6.07 Å². The molecule has 0 fully saturated rings. The van der Waals surface area contributed by atoms with Crippen LogP contribution < -0.4 is 34.9 Å². The third-order valence-corrected chi connectivity index (χ3v) is 6.60. The molecule has 7 nitrogen and oxygen atoms in total. The van der Waals surface area contributed by atoms with E-state index in [-0.39, 0.29) is 47.8 Å². The molecule has 0 spiro atoms. The van der Waals surface area contributed by atoms with Crippen molar-refractivity contribution in [1.29, 1.82) is 0 Å². The van der Waals surface area contributed by atoms with Gasteiger partial charge in [0.05, 0.1) is 4.90 Å². The summed E-state index contributed by atoms with van der Waals surface area (Å²) in [6, 6.07) is 22.6. The maximum Gasteiger partial charge on any atom is 1.00 e. The van der Waals surface area contributed by atoms with E-state index in [2.05, 4.69) is 17.4 Å². The van der Waals surface area contributed by atoms with Crippen LogP contribution in [0.2, 0.25) is 0 Å². The van der Waals surface area contributed by atoms with Gasteiger partial charge in [-0.2, -0.15) is 0 Å². The van der Waals surface area contributed by atoms with Gasteiger partial charge in [-0.25, -0.2) is 13.2 Å². The van der Waals surface area contributed by atoms with E-state index in [0.717, 1.165) is 34.4 Å². The number of rotatable bonds is 4. The fourth-order valence-corrected chi connectivity index (χ4v) is 4.82. The number of phenolic OH excluding ortho intramolecular Hbond substituents is 1. The summed E-state index contributed by atoms with van der Waals surface area (Å²) in [4.78, 5) is 11.9. The largest absolute Gasteiger partial charge is 1.00 e. The van der Waals surface area contributed by atoms with Crippen molar-refractivity contribution in [2.75, 3.05) is 11.9 Å². The fourth-order valence-electron chi connectivity index (χ4n) is 4.30. The van der Waals surface area contributed by atoms with Crippen molar-refractivity contribution in [1.82, 2.24) is 0 Å². The molecule has 0 heterocycles. The molecule has 0 radical (unpaired) electrons. The molecule has 0 aromatic heterocycles. The molecule has 2 N–H and O–H groups in total. The molecule has 0 aliphatic heterocycles. The third kappa shape index (κ3) is 4.55. The second kappa shape index (κ2) is 9.40. The van der Waals surface area contributed by atoms with Gasteiger partial charge < -0.3 is 14.4 Å². The minimum Gasteiger partial charge on any atom is -0.744 e. The number of hydrogen-bond acceptors (Lipinski definition) is 6. The fraction of sp³-hybridized carbons (Fsp3) is 0.0800. The Morgan fingerprint density at radius 1 is 0.941 bits per heavy atom. The number of carbonyl (C=O) groups excluding carboxylic acids is 1. The average molecular weight is 483 g/mol. The summed E-state index contributed by atoms with van der Waals surface area (Å²) in [7, 11) is -4.74. The topological polar surface area (TPSA) is 116 Å². The number of benzene rings is 4. The summed E-state index contributed by atoms with van der Waals surface area (Å²) in [6.07, 6.45) is -0.673. The molecule has 1 aliphatic rings. The predicted molar refractivity (Wildman–Crippen MR) is 122 cm³/mol. The molecule has 166 valence electrons. The van der Waals surface area contributed by atoms with E-state index >= 15 is 0 Å². The number of anilines is 1. The van der Waals surface area contributed by atoms with Crippen molar-refractivity contribution in [2.45, 2.75) is 10.8 Å². The molecule has 34 heavy (non-hydrogen) atoms. The van der Waals surface area contributed by atoms with Gasteiger partial charge in [0.1, 0.15) is 22.5 Å². The first-order valence-electron chi connectivity index (χ1n) is 10.2. The molecular formula is C25H18NNaO6S. The van der Waals surface area contributed by atoms with Gasteiger partial charge in [0.15, 0.2) is 0 Å². The predicted octanol–water partition coefficient (Wildman–Crippen LogP) is 1.81. The SMILES string of the molecule is O=C(Nc1ccc2c(O)cc(S(=O)(=O)[O-])cc2c1)OCC1c2ccccc2-c2ccccc21.[Na+]. The van der Waals surface area contributed by atoms with Crippen LogP contribution in [0.15, 0.2) is 83.8 Å². The quantitative estimate of drug-likeness (QED) is 0.338. The van der Waals surface area contributed by atoms with Crippen LogP contribution in [0.3, 0.4) is 0 Å². The first-order valence-corrected chi connectivity index (χ1v) is 11.6. The van der Waals surface area contributed by atoms with Gasteiger partial charge in [0, 0.05) is 17.0 Å². The van der Waals surface area contributed by atoms with Gasteiger partial charge in [-0.3, -0.25) is 5.32 Å². The Labute approximate surface area is 218 Å². The Balaban J connectivity index is 0.00000274. The van der Waals surface area contributed by atoms with Crippen molar-refractivity contribution in [2.24, 2.45) is 0 Å². The Morgan fingerprint density at radius 3 is 2.18 bits per heavy atom. The number of fused-ring (bicyclic) bond motifs is 4. The minimum atomic E-state index is -4.74. The van der Waals surface area contributed by atoms with Crippen LogP contribution in [0.5, 0.6) is 5.75 Å². The third-order valence-electron chi connectivity index (χ3n) is 5.78. The number of amides is 1. The Bertz CT molecular complexity index is 1470.